The quantitative estimate of drug-likeness (QED) is 0.322. The average Bonchev–Trinajstić information content (AvgIpc) is 3.27. The Bertz CT molecular complexity index is 981. The van der Waals surface area contributed by atoms with E-state index in [9.17, 15) is 0 Å². The van der Waals surface area contributed by atoms with E-state index < -0.39 is 0 Å². The van der Waals surface area contributed by atoms with E-state index in [0.717, 1.165) is 34.2 Å². The van der Waals surface area contributed by atoms with Crippen molar-refractivity contribution in [1.29, 1.82) is 0 Å². The van der Waals surface area contributed by atoms with Crippen LogP contribution in [0.3, 0.4) is 0 Å². The van der Waals surface area contributed by atoms with Crippen molar-refractivity contribution in [1.82, 2.24) is 19.1 Å². The van der Waals surface area contributed by atoms with Crippen LogP contribution in [0.1, 0.15) is 25.2 Å². The van der Waals surface area contributed by atoms with Gasteiger partial charge in [-0.25, -0.2) is 0 Å². The van der Waals surface area contributed by atoms with Crippen molar-refractivity contribution < 1.29 is 37.7 Å². The molecule has 0 amide bonds. The van der Waals surface area contributed by atoms with Crippen LogP contribution in [0.4, 0.5) is 0 Å². The topological polar surface area (TPSA) is 35.6 Å². The third kappa shape index (κ3) is 4.47. The molecule has 0 spiro atoms. The van der Waals surface area contributed by atoms with Crippen LogP contribution in [0.15, 0.2) is 60.9 Å². The smallest absolute Gasteiger partial charge is 0.373 e. The van der Waals surface area contributed by atoms with E-state index >= 15 is 0 Å². The van der Waals surface area contributed by atoms with Gasteiger partial charge in [-0.05, 0) is 13.8 Å². The molecule has 2 aromatic heterocycles. The number of aromatic nitrogens is 4. The van der Waals surface area contributed by atoms with E-state index in [0.29, 0.717) is 0 Å². The summed E-state index contributed by atoms with van der Waals surface area (Å²) in [6, 6.07) is 22.3. The van der Waals surface area contributed by atoms with Crippen LogP contribution in [0.5, 0.6) is 0 Å². The van der Waals surface area contributed by atoms with Gasteiger partial charge >= 0.3 is 37.7 Å². The Morgan fingerprint density at radius 2 is 1.14 bits per heavy atom. The predicted molar refractivity (Wildman–Crippen MR) is 107 cm³/mol. The molecular formula is C23H22Li2N4. The maximum Gasteiger partial charge on any atom is 1.00 e. The third-order valence-electron chi connectivity index (χ3n) is 4.93. The van der Waals surface area contributed by atoms with Gasteiger partial charge in [0.2, 0.25) is 0 Å². The molecule has 0 atom stereocenters. The summed E-state index contributed by atoms with van der Waals surface area (Å²) in [6.45, 7) is 4.32. The van der Waals surface area contributed by atoms with E-state index in [-0.39, 0.29) is 43.1 Å². The van der Waals surface area contributed by atoms with Crippen LogP contribution in [0, 0.1) is 12.1 Å². The molecule has 0 unspecified atom stereocenters. The Morgan fingerprint density at radius 1 is 0.724 bits per heavy atom. The molecule has 0 aliphatic carbocycles. The molecule has 0 aliphatic heterocycles. The number of hydrogen-bond acceptors (Lipinski definition) is 2. The molecular weight excluding hydrogens is 346 g/mol. The second-order valence-electron chi connectivity index (χ2n) is 7.30. The van der Waals surface area contributed by atoms with Crippen LogP contribution in [0.25, 0.3) is 22.8 Å². The van der Waals surface area contributed by atoms with E-state index in [1.165, 1.54) is 0 Å². The van der Waals surface area contributed by atoms with Gasteiger partial charge in [0.15, 0.2) is 0 Å². The fourth-order valence-corrected chi connectivity index (χ4v) is 3.23. The van der Waals surface area contributed by atoms with Crippen molar-refractivity contribution >= 4 is 0 Å². The predicted octanol–water partition coefficient (Wildman–Crippen LogP) is -1.58. The van der Waals surface area contributed by atoms with Gasteiger partial charge in [-0.3, -0.25) is 9.97 Å². The molecule has 6 heteroatoms. The molecule has 2 heterocycles. The number of benzene rings is 2. The fraction of sp³-hybridized carbons (Fsp3) is 0.217. The Hall–Kier alpha value is -1.95. The molecule has 0 fully saturated rings. The first-order chi connectivity index (χ1) is 13.0. The minimum atomic E-state index is -0.324. The summed E-state index contributed by atoms with van der Waals surface area (Å²) in [6.07, 6.45) is 4.17. The maximum absolute atomic E-state index is 4.91. The van der Waals surface area contributed by atoms with Crippen molar-refractivity contribution in [2.75, 3.05) is 0 Å². The number of aryl methyl sites for hydroxylation is 2. The summed E-state index contributed by atoms with van der Waals surface area (Å²) >= 11 is 0. The Kier molecular flexibility index (Phi) is 7.44. The van der Waals surface area contributed by atoms with Crippen LogP contribution in [0.2, 0.25) is 0 Å². The van der Waals surface area contributed by atoms with Crippen LogP contribution < -0.4 is 37.7 Å². The van der Waals surface area contributed by atoms with E-state index in [2.05, 4.69) is 47.5 Å². The second kappa shape index (κ2) is 9.25. The molecule has 0 saturated carbocycles. The van der Waals surface area contributed by atoms with Crippen molar-refractivity contribution in [2.24, 2.45) is 14.1 Å². The largest absolute Gasteiger partial charge is 1.00 e. The summed E-state index contributed by atoms with van der Waals surface area (Å²) < 4.78 is 4.11. The van der Waals surface area contributed by atoms with Crippen molar-refractivity contribution in [3.05, 3.63) is 84.4 Å². The van der Waals surface area contributed by atoms with Gasteiger partial charge in [-0.15, -0.1) is 71.8 Å². The molecule has 136 valence electrons. The van der Waals surface area contributed by atoms with E-state index in [4.69, 9.17) is 9.97 Å². The molecule has 4 aromatic rings. The number of hydrogen-bond donors (Lipinski definition) is 0. The molecule has 4 nitrogen and oxygen atoms in total. The standard InChI is InChI=1S/C23H22N4.2Li/c1-23(2,19-15-26(3)21(24-19)17-11-7-5-8-12-17)20-16-27(4)22(25-20)18-13-9-6-10-14-18;;/h5-11,13,15-16H,1-4H3;;/q-2;2*+1. The zero-order valence-electron chi connectivity index (χ0n) is 18.1. The van der Waals surface area contributed by atoms with Crippen LogP contribution >= 0.6 is 0 Å². The fourth-order valence-electron chi connectivity index (χ4n) is 3.23. The second-order valence-corrected chi connectivity index (χ2v) is 7.30. The molecule has 0 N–H and O–H groups in total. The maximum atomic E-state index is 4.91. The molecule has 0 aliphatic rings. The molecule has 0 saturated heterocycles. The molecule has 4 rings (SSSR count). The molecule has 0 radical (unpaired) electrons. The van der Waals surface area contributed by atoms with E-state index in [1.807, 2.05) is 62.6 Å². The average molecular weight is 368 g/mol. The first-order valence-electron chi connectivity index (χ1n) is 8.98. The SMILES string of the molecule is Cn1cc(C(C)(C)c2cn(C)c(-c3[c-]cccc3)n2)nc1-c1[c-]cccc1.[Li+].[Li+]. The minimum absolute atomic E-state index is 0. The van der Waals surface area contributed by atoms with Gasteiger partial charge in [-0.1, -0.05) is 0 Å². The zero-order valence-corrected chi connectivity index (χ0v) is 18.1. The Labute approximate surface area is 196 Å². The summed E-state index contributed by atoms with van der Waals surface area (Å²) in [5.41, 5.74) is 3.62. The Morgan fingerprint density at radius 3 is 1.48 bits per heavy atom. The van der Waals surface area contributed by atoms with Gasteiger partial charge in [0, 0.05) is 26.5 Å². The third-order valence-corrected chi connectivity index (χ3v) is 4.93. The summed E-state index contributed by atoms with van der Waals surface area (Å²) in [5, 5.41) is 0. The van der Waals surface area contributed by atoms with E-state index in [1.54, 1.807) is 0 Å². The molecule has 2 aromatic carbocycles. The minimum Gasteiger partial charge on any atom is -0.373 e. The van der Waals surface area contributed by atoms with Crippen LogP contribution in [-0.4, -0.2) is 19.1 Å². The first-order valence-corrected chi connectivity index (χ1v) is 8.98. The van der Waals surface area contributed by atoms with Crippen molar-refractivity contribution in [2.45, 2.75) is 19.3 Å². The summed E-state index contributed by atoms with van der Waals surface area (Å²) in [4.78, 5) is 9.83. The number of rotatable bonds is 4. The van der Waals surface area contributed by atoms with Gasteiger partial charge < -0.3 is 9.13 Å². The molecule has 29 heavy (non-hydrogen) atoms. The summed E-state index contributed by atoms with van der Waals surface area (Å²) in [7, 11) is 4.04. The number of nitrogens with zero attached hydrogens (tertiary/aromatic N) is 4. The first kappa shape index (κ1) is 23.3. The van der Waals surface area contributed by atoms with Gasteiger partial charge in [0.05, 0.1) is 28.5 Å². The normalized spacial score (nSPS) is 10.9. The zero-order chi connectivity index (χ0) is 19.0. The van der Waals surface area contributed by atoms with Crippen LogP contribution in [-0.2, 0) is 19.5 Å². The monoisotopic (exact) mass is 368 g/mol. The van der Waals surface area contributed by atoms with Gasteiger partial charge in [0.25, 0.3) is 0 Å². The Balaban J connectivity index is 0.00000150. The number of imidazole rings is 2. The van der Waals surface area contributed by atoms with Crippen molar-refractivity contribution in [3.8, 4) is 22.8 Å². The van der Waals surface area contributed by atoms with Gasteiger partial charge in [0.1, 0.15) is 0 Å². The summed E-state index contributed by atoms with van der Waals surface area (Å²) in [5.74, 6) is 1.82. The van der Waals surface area contributed by atoms with Gasteiger partial charge in [-0.2, -0.15) is 0 Å². The van der Waals surface area contributed by atoms with Crippen molar-refractivity contribution in [3.63, 3.8) is 0 Å². The molecule has 0 bridgehead atoms.